The van der Waals surface area contributed by atoms with Gasteiger partial charge >= 0.3 is 5.97 Å². The Kier molecular flexibility index (Phi) is 4.17. The van der Waals surface area contributed by atoms with E-state index < -0.39 is 12.0 Å². The van der Waals surface area contributed by atoms with Crippen molar-refractivity contribution in [2.45, 2.75) is 32.9 Å². The number of rotatable bonds is 5. The molecule has 0 amide bonds. The van der Waals surface area contributed by atoms with Crippen molar-refractivity contribution in [2.24, 2.45) is 0 Å². The number of aromatic nitrogens is 1. The first-order chi connectivity index (χ1) is 9.01. The van der Waals surface area contributed by atoms with E-state index in [9.17, 15) is 4.79 Å². The van der Waals surface area contributed by atoms with E-state index in [1.54, 1.807) is 11.3 Å². The second-order valence-electron chi connectivity index (χ2n) is 4.71. The largest absolute Gasteiger partial charge is 0.480 e. The highest BCUT2D eigenvalue weighted by Gasteiger charge is 2.20. The minimum Gasteiger partial charge on any atom is -0.480 e. The summed E-state index contributed by atoms with van der Waals surface area (Å²) in [5.41, 5.74) is 2.14. The highest BCUT2D eigenvalue weighted by atomic mass is 32.1. The number of likely N-dealkylation sites (N-methyl/N-ethyl adjacent to an activating group) is 1. The van der Waals surface area contributed by atoms with E-state index in [0.717, 1.165) is 20.8 Å². The minimum atomic E-state index is -0.764. The molecule has 1 heterocycles. The number of carboxylic acids is 1. The van der Waals surface area contributed by atoms with Crippen LogP contribution >= 0.6 is 11.3 Å². The van der Waals surface area contributed by atoms with Gasteiger partial charge in [-0.2, -0.15) is 0 Å². The van der Waals surface area contributed by atoms with Gasteiger partial charge in [0, 0.05) is 6.54 Å². The molecule has 0 saturated carbocycles. The molecular weight excluding hydrogens is 260 g/mol. The smallest absolute Gasteiger partial charge is 0.320 e. The van der Waals surface area contributed by atoms with E-state index >= 15 is 0 Å². The minimum absolute atomic E-state index is 0.432. The molecule has 1 aromatic carbocycles. The molecule has 0 spiro atoms. The van der Waals surface area contributed by atoms with Gasteiger partial charge in [0.2, 0.25) is 0 Å². The third-order valence-electron chi connectivity index (χ3n) is 3.20. The number of carboxylic acid groups (broad SMARTS) is 1. The predicted molar refractivity (Wildman–Crippen MR) is 77.5 cm³/mol. The van der Waals surface area contributed by atoms with Crippen molar-refractivity contribution >= 4 is 27.5 Å². The maximum absolute atomic E-state index is 11.1. The van der Waals surface area contributed by atoms with Gasteiger partial charge in [0.1, 0.15) is 6.04 Å². The average molecular weight is 278 g/mol. The number of fused-ring (bicyclic) bond motifs is 1. The summed E-state index contributed by atoms with van der Waals surface area (Å²) in [6.45, 7) is 4.52. The van der Waals surface area contributed by atoms with Gasteiger partial charge in [0.25, 0.3) is 0 Å². The summed E-state index contributed by atoms with van der Waals surface area (Å²) in [6.07, 6.45) is 0.605. The number of hydrogen-bond acceptors (Lipinski definition) is 4. The molecule has 2 rings (SSSR count). The SMILES string of the molecule is CC[C@@H](C(=O)O)N(C)Cc1ccc2nc(C)sc2c1. The van der Waals surface area contributed by atoms with Crippen LogP contribution < -0.4 is 0 Å². The van der Waals surface area contributed by atoms with Crippen LogP contribution in [0.2, 0.25) is 0 Å². The fourth-order valence-corrected chi connectivity index (χ4v) is 3.15. The number of nitrogens with zero attached hydrogens (tertiary/aromatic N) is 2. The van der Waals surface area contributed by atoms with Gasteiger partial charge in [0.05, 0.1) is 15.2 Å². The molecule has 19 heavy (non-hydrogen) atoms. The molecule has 0 saturated heterocycles. The van der Waals surface area contributed by atoms with Gasteiger partial charge in [-0.25, -0.2) is 4.98 Å². The van der Waals surface area contributed by atoms with Gasteiger partial charge in [0.15, 0.2) is 0 Å². The molecule has 0 unspecified atom stereocenters. The molecule has 5 heteroatoms. The predicted octanol–water partition coefficient (Wildman–Crippen LogP) is 2.90. The van der Waals surface area contributed by atoms with Gasteiger partial charge < -0.3 is 5.11 Å². The fourth-order valence-electron chi connectivity index (χ4n) is 2.26. The highest BCUT2D eigenvalue weighted by Crippen LogP contribution is 2.23. The maximum Gasteiger partial charge on any atom is 0.320 e. The molecule has 0 aliphatic carbocycles. The zero-order valence-electron chi connectivity index (χ0n) is 11.4. The van der Waals surface area contributed by atoms with Crippen LogP contribution in [0.4, 0.5) is 0 Å². The van der Waals surface area contributed by atoms with Crippen molar-refractivity contribution < 1.29 is 9.90 Å². The molecular formula is C14H18N2O2S. The first kappa shape index (κ1) is 14.0. The van der Waals surface area contributed by atoms with Gasteiger partial charge in [-0.15, -0.1) is 11.3 Å². The van der Waals surface area contributed by atoms with E-state index in [4.69, 9.17) is 5.11 Å². The van der Waals surface area contributed by atoms with Crippen molar-refractivity contribution in [3.63, 3.8) is 0 Å². The standard InChI is InChI=1S/C14H18N2O2S/c1-4-12(14(17)18)16(3)8-10-5-6-11-13(7-10)19-9(2)15-11/h5-7,12H,4,8H2,1-3H3,(H,17,18)/t12-/m0/s1. The quantitative estimate of drug-likeness (QED) is 0.913. The van der Waals surface area contributed by atoms with Gasteiger partial charge in [-0.3, -0.25) is 9.69 Å². The van der Waals surface area contributed by atoms with Crippen molar-refractivity contribution in [2.75, 3.05) is 7.05 Å². The lowest BCUT2D eigenvalue weighted by Gasteiger charge is -2.23. The number of benzene rings is 1. The molecule has 4 nitrogen and oxygen atoms in total. The summed E-state index contributed by atoms with van der Waals surface area (Å²) >= 11 is 1.67. The summed E-state index contributed by atoms with van der Waals surface area (Å²) in [5.74, 6) is -0.764. The van der Waals surface area contributed by atoms with Crippen molar-refractivity contribution in [3.8, 4) is 0 Å². The lowest BCUT2D eigenvalue weighted by molar-refractivity contribution is -0.143. The van der Waals surface area contributed by atoms with Crippen LogP contribution in [-0.2, 0) is 11.3 Å². The summed E-state index contributed by atoms with van der Waals surface area (Å²) < 4.78 is 1.16. The second-order valence-corrected chi connectivity index (χ2v) is 5.95. The van der Waals surface area contributed by atoms with E-state index in [1.165, 1.54) is 0 Å². The van der Waals surface area contributed by atoms with Gasteiger partial charge in [-0.1, -0.05) is 13.0 Å². The molecule has 0 fully saturated rings. The molecule has 2 aromatic rings. The summed E-state index contributed by atoms with van der Waals surface area (Å²) in [5, 5.41) is 10.2. The van der Waals surface area contributed by atoms with E-state index in [-0.39, 0.29) is 0 Å². The number of thiazole rings is 1. The number of carbonyl (C=O) groups is 1. The van der Waals surface area contributed by atoms with Crippen LogP contribution in [0.5, 0.6) is 0 Å². The molecule has 102 valence electrons. The summed E-state index contributed by atoms with van der Waals surface area (Å²) in [4.78, 5) is 17.4. The third-order valence-corrected chi connectivity index (χ3v) is 4.13. The maximum atomic E-state index is 11.1. The topological polar surface area (TPSA) is 53.4 Å². The Morgan fingerprint density at radius 2 is 2.26 bits per heavy atom. The normalized spacial score (nSPS) is 13.1. The molecule has 0 bridgehead atoms. The second kappa shape index (κ2) is 5.67. The molecule has 0 aliphatic rings. The lowest BCUT2D eigenvalue weighted by Crippen LogP contribution is -2.37. The van der Waals surface area contributed by atoms with Crippen LogP contribution in [0.15, 0.2) is 18.2 Å². The van der Waals surface area contributed by atoms with Crippen LogP contribution in [0, 0.1) is 6.92 Å². The lowest BCUT2D eigenvalue weighted by atomic mass is 10.1. The highest BCUT2D eigenvalue weighted by molar-refractivity contribution is 7.18. The van der Waals surface area contributed by atoms with Crippen molar-refractivity contribution in [1.29, 1.82) is 0 Å². The van der Waals surface area contributed by atoms with Crippen molar-refractivity contribution in [3.05, 3.63) is 28.8 Å². The molecule has 0 aliphatic heterocycles. The van der Waals surface area contributed by atoms with E-state index in [1.807, 2.05) is 37.9 Å². The zero-order valence-corrected chi connectivity index (χ0v) is 12.2. The Morgan fingerprint density at radius 3 is 2.89 bits per heavy atom. The van der Waals surface area contributed by atoms with Crippen LogP contribution in [-0.4, -0.2) is 34.0 Å². The molecule has 1 atom stereocenters. The summed E-state index contributed by atoms with van der Waals surface area (Å²) in [6, 6.07) is 5.69. The Balaban J connectivity index is 2.18. The average Bonchev–Trinajstić information content (AvgIpc) is 2.68. The first-order valence-corrected chi connectivity index (χ1v) is 7.12. The first-order valence-electron chi connectivity index (χ1n) is 6.30. The molecule has 1 aromatic heterocycles. The number of hydrogen-bond donors (Lipinski definition) is 1. The van der Waals surface area contributed by atoms with Gasteiger partial charge in [-0.05, 0) is 38.1 Å². The Labute approximate surface area is 116 Å². The van der Waals surface area contributed by atoms with Crippen LogP contribution in [0.3, 0.4) is 0 Å². The Bertz CT molecular complexity index is 594. The van der Waals surface area contributed by atoms with E-state index in [2.05, 4.69) is 11.1 Å². The van der Waals surface area contributed by atoms with E-state index in [0.29, 0.717) is 13.0 Å². The molecule has 0 radical (unpaired) electrons. The zero-order chi connectivity index (χ0) is 14.0. The number of aryl methyl sites for hydroxylation is 1. The monoisotopic (exact) mass is 278 g/mol. The molecule has 1 N–H and O–H groups in total. The Morgan fingerprint density at radius 1 is 1.53 bits per heavy atom. The number of aliphatic carboxylic acids is 1. The Hall–Kier alpha value is -1.46. The summed E-state index contributed by atoms with van der Waals surface area (Å²) in [7, 11) is 1.85. The van der Waals surface area contributed by atoms with Crippen LogP contribution in [0.1, 0.15) is 23.9 Å². The third kappa shape index (κ3) is 3.11. The fraction of sp³-hybridized carbons (Fsp3) is 0.429. The van der Waals surface area contributed by atoms with Crippen LogP contribution in [0.25, 0.3) is 10.2 Å². The van der Waals surface area contributed by atoms with Crippen molar-refractivity contribution in [1.82, 2.24) is 9.88 Å².